The van der Waals surface area contributed by atoms with Gasteiger partial charge in [-0.1, -0.05) is 17.4 Å². The van der Waals surface area contributed by atoms with Gasteiger partial charge in [-0.05, 0) is 30.7 Å². The first kappa shape index (κ1) is 11.9. The van der Waals surface area contributed by atoms with Crippen molar-refractivity contribution in [2.45, 2.75) is 6.92 Å². The van der Waals surface area contributed by atoms with Gasteiger partial charge in [0, 0.05) is 6.20 Å². The number of methoxy groups -OCH3 is 1. The van der Waals surface area contributed by atoms with E-state index in [0.29, 0.717) is 0 Å². The average Bonchev–Trinajstić information content (AvgIpc) is 2.80. The molecule has 0 bridgehead atoms. The molecule has 0 spiro atoms. The average molecular weight is 271 g/mol. The molecule has 2 aromatic heterocycles. The highest BCUT2D eigenvalue weighted by Gasteiger charge is 2.08. The zero-order valence-corrected chi connectivity index (χ0v) is 11.5. The van der Waals surface area contributed by atoms with E-state index in [1.54, 1.807) is 24.6 Å². The lowest BCUT2D eigenvalue weighted by molar-refractivity contribution is 0.419. The number of nitrogens with zero attached hydrogens (tertiary/aromatic N) is 2. The zero-order chi connectivity index (χ0) is 13.2. The Labute approximate surface area is 115 Å². The first-order valence-corrected chi connectivity index (χ1v) is 6.70. The summed E-state index contributed by atoms with van der Waals surface area (Å²) in [7, 11) is 1.66. The van der Waals surface area contributed by atoms with Crippen LogP contribution in [0.4, 0.5) is 10.8 Å². The van der Waals surface area contributed by atoms with Crippen molar-refractivity contribution in [1.82, 2.24) is 9.97 Å². The lowest BCUT2D eigenvalue weighted by Crippen LogP contribution is -1.91. The third-order valence-corrected chi connectivity index (χ3v) is 3.66. The Morgan fingerprint density at radius 1 is 1.26 bits per heavy atom. The molecule has 0 saturated heterocycles. The van der Waals surface area contributed by atoms with Crippen LogP contribution >= 0.6 is 11.3 Å². The first-order valence-electron chi connectivity index (χ1n) is 5.88. The minimum atomic E-state index is 0.796. The van der Waals surface area contributed by atoms with Crippen molar-refractivity contribution in [3.05, 3.63) is 42.2 Å². The highest BCUT2D eigenvalue weighted by molar-refractivity contribution is 7.22. The number of para-hydroxylation sites is 1. The minimum Gasteiger partial charge on any atom is -0.494 e. The van der Waals surface area contributed by atoms with Gasteiger partial charge in [0.2, 0.25) is 0 Å². The first-order chi connectivity index (χ1) is 9.26. The van der Waals surface area contributed by atoms with Gasteiger partial charge < -0.3 is 10.1 Å². The molecule has 1 aromatic carbocycles. The molecule has 2 heterocycles. The van der Waals surface area contributed by atoms with E-state index in [9.17, 15) is 0 Å². The third kappa shape index (κ3) is 2.37. The highest BCUT2D eigenvalue weighted by Crippen LogP contribution is 2.33. The standard InChI is InChI=1S/C14H13N3OS/c1-9-6-10(8-15-7-9)16-14-17-13-11(18-2)4-3-5-12(13)19-14/h3-8H,1-2H3,(H,16,17). The Balaban J connectivity index is 1.98. The summed E-state index contributed by atoms with van der Waals surface area (Å²) in [6.45, 7) is 2.01. The molecule has 3 rings (SSSR count). The summed E-state index contributed by atoms with van der Waals surface area (Å²) < 4.78 is 6.41. The number of nitrogens with one attached hydrogen (secondary N) is 1. The molecule has 4 nitrogen and oxygen atoms in total. The minimum absolute atomic E-state index is 0.796. The molecule has 0 aliphatic heterocycles. The SMILES string of the molecule is COc1cccc2sc(Nc3cncc(C)c3)nc12. The van der Waals surface area contributed by atoms with Crippen LogP contribution in [0.5, 0.6) is 5.75 Å². The van der Waals surface area contributed by atoms with E-state index < -0.39 is 0 Å². The molecule has 0 aliphatic rings. The van der Waals surface area contributed by atoms with E-state index in [1.165, 1.54) is 0 Å². The van der Waals surface area contributed by atoms with E-state index >= 15 is 0 Å². The number of benzene rings is 1. The van der Waals surface area contributed by atoms with Crippen molar-refractivity contribution in [3.63, 3.8) is 0 Å². The van der Waals surface area contributed by atoms with Gasteiger partial charge in [0.1, 0.15) is 11.3 Å². The second-order valence-corrected chi connectivity index (χ2v) is 5.23. The number of anilines is 2. The number of aromatic nitrogens is 2. The van der Waals surface area contributed by atoms with Crippen molar-refractivity contribution in [3.8, 4) is 5.75 Å². The van der Waals surface area contributed by atoms with Gasteiger partial charge >= 0.3 is 0 Å². The van der Waals surface area contributed by atoms with E-state index in [0.717, 1.165) is 32.3 Å². The number of rotatable bonds is 3. The number of pyridine rings is 1. The van der Waals surface area contributed by atoms with Crippen LogP contribution < -0.4 is 10.1 Å². The van der Waals surface area contributed by atoms with Gasteiger partial charge in [-0.15, -0.1) is 0 Å². The van der Waals surface area contributed by atoms with E-state index in [1.807, 2.05) is 37.4 Å². The summed E-state index contributed by atoms with van der Waals surface area (Å²) in [5.74, 6) is 0.796. The van der Waals surface area contributed by atoms with Gasteiger partial charge in [-0.2, -0.15) is 0 Å². The van der Waals surface area contributed by atoms with Crippen LogP contribution in [0.15, 0.2) is 36.7 Å². The fraction of sp³-hybridized carbons (Fsp3) is 0.143. The normalized spacial score (nSPS) is 10.6. The fourth-order valence-corrected chi connectivity index (χ4v) is 2.79. The predicted molar refractivity (Wildman–Crippen MR) is 78.4 cm³/mol. The molecule has 96 valence electrons. The maximum absolute atomic E-state index is 5.31. The third-order valence-electron chi connectivity index (χ3n) is 2.73. The smallest absolute Gasteiger partial charge is 0.188 e. The Hall–Kier alpha value is -2.14. The van der Waals surface area contributed by atoms with Gasteiger partial charge in [-0.3, -0.25) is 4.98 Å². The molecule has 0 atom stereocenters. The van der Waals surface area contributed by atoms with Crippen LogP contribution in [-0.2, 0) is 0 Å². The molecule has 0 unspecified atom stereocenters. The lowest BCUT2D eigenvalue weighted by atomic mass is 10.3. The Bertz CT molecular complexity index is 724. The van der Waals surface area contributed by atoms with Crippen LogP contribution in [0.1, 0.15) is 5.56 Å². The number of hydrogen-bond donors (Lipinski definition) is 1. The molecule has 19 heavy (non-hydrogen) atoms. The van der Waals surface area contributed by atoms with Crippen LogP contribution in [0.2, 0.25) is 0 Å². The molecule has 0 amide bonds. The molecular formula is C14H13N3OS. The Morgan fingerprint density at radius 3 is 2.95 bits per heavy atom. The number of aryl methyl sites for hydroxylation is 1. The fourth-order valence-electron chi connectivity index (χ4n) is 1.89. The molecule has 1 N–H and O–H groups in total. The van der Waals surface area contributed by atoms with Crippen LogP contribution in [0, 0.1) is 6.92 Å². The quantitative estimate of drug-likeness (QED) is 0.788. The number of thiazole rings is 1. The largest absolute Gasteiger partial charge is 0.494 e. The van der Waals surface area contributed by atoms with Crippen molar-refractivity contribution in [2.75, 3.05) is 12.4 Å². The summed E-state index contributed by atoms with van der Waals surface area (Å²) >= 11 is 1.60. The maximum Gasteiger partial charge on any atom is 0.188 e. The summed E-state index contributed by atoms with van der Waals surface area (Å²) in [5, 5.41) is 4.11. The van der Waals surface area contributed by atoms with Crippen LogP contribution in [0.3, 0.4) is 0 Å². The van der Waals surface area contributed by atoms with Crippen LogP contribution in [-0.4, -0.2) is 17.1 Å². The number of ether oxygens (including phenoxy) is 1. The van der Waals surface area contributed by atoms with E-state index in [4.69, 9.17) is 4.74 Å². The van der Waals surface area contributed by atoms with Gasteiger partial charge in [0.05, 0.1) is 23.7 Å². The lowest BCUT2D eigenvalue weighted by Gasteiger charge is -2.02. The van der Waals surface area contributed by atoms with Gasteiger partial charge in [-0.25, -0.2) is 4.98 Å². The summed E-state index contributed by atoms with van der Waals surface area (Å²) in [6, 6.07) is 7.96. The summed E-state index contributed by atoms with van der Waals surface area (Å²) in [6.07, 6.45) is 3.61. The molecular weight excluding hydrogens is 258 g/mol. The second-order valence-electron chi connectivity index (χ2n) is 4.20. The van der Waals surface area contributed by atoms with Crippen molar-refractivity contribution < 1.29 is 4.74 Å². The monoisotopic (exact) mass is 271 g/mol. The molecule has 3 aromatic rings. The zero-order valence-electron chi connectivity index (χ0n) is 10.7. The second kappa shape index (κ2) is 4.85. The Morgan fingerprint density at radius 2 is 2.16 bits per heavy atom. The summed E-state index contributed by atoms with van der Waals surface area (Å²) in [5.41, 5.74) is 2.94. The molecule has 0 fully saturated rings. The molecule has 0 saturated carbocycles. The molecule has 5 heteroatoms. The van der Waals surface area contributed by atoms with E-state index in [-0.39, 0.29) is 0 Å². The summed E-state index contributed by atoms with van der Waals surface area (Å²) in [4.78, 5) is 8.72. The van der Waals surface area contributed by atoms with Gasteiger partial charge in [0.25, 0.3) is 0 Å². The van der Waals surface area contributed by atoms with Crippen molar-refractivity contribution in [1.29, 1.82) is 0 Å². The van der Waals surface area contributed by atoms with Gasteiger partial charge in [0.15, 0.2) is 5.13 Å². The Kier molecular flexibility index (Phi) is 3.05. The highest BCUT2D eigenvalue weighted by atomic mass is 32.1. The van der Waals surface area contributed by atoms with Crippen LogP contribution in [0.25, 0.3) is 10.2 Å². The number of hydrogen-bond acceptors (Lipinski definition) is 5. The van der Waals surface area contributed by atoms with Crippen molar-refractivity contribution in [2.24, 2.45) is 0 Å². The van der Waals surface area contributed by atoms with E-state index in [2.05, 4.69) is 15.3 Å². The molecule has 0 aliphatic carbocycles. The topological polar surface area (TPSA) is 47.0 Å². The molecule has 0 radical (unpaired) electrons. The van der Waals surface area contributed by atoms with Crippen molar-refractivity contribution >= 4 is 32.4 Å². The maximum atomic E-state index is 5.31. The predicted octanol–water partition coefficient (Wildman–Crippen LogP) is 3.75. The number of fused-ring (bicyclic) bond motifs is 1.